The second kappa shape index (κ2) is 12.2. The van der Waals surface area contributed by atoms with Gasteiger partial charge in [0, 0.05) is 31.3 Å². The molecule has 41 heavy (non-hydrogen) atoms. The van der Waals surface area contributed by atoms with E-state index in [0.29, 0.717) is 47.7 Å². The Labute approximate surface area is 241 Å². The van der Waals surface area contributed by atoms with E-state index in [2.05, 4.69) is 48.9 Å². The van der Waals surface area contributed by atoms with Gasteiger partial charge in [0.05, 0.1) is 34.1 Å². The first-order valence-electron chi connectivity index (χ1n) is 13.3. The minimum Gasteiger partial charge on any atom is -0.497 e. The molecule has 4 aromatic carbocycles. The molecule has 0 amide bonds. The van der Waals surface area contributed by atoms with Gasteiger partial charge in [0.25, 0.3) is 0 Å². The monoisotopic (exact) mass is 553 g/mol. The summed E-state index contributed by atoms with van der Waals surface area (Å²) in [5.74, 6) is 4.09. The minimum atomic E-state index is 0.301. The van der Waals surface area contributed by atoms with E-state index in [0.717, 1.165) is 45.6 Å². The van der Waals surface area contributed by atoms with E-state index in [4.69, 9.17) is 28.4 Å². The van der Waals surface area contributed by atoms with Crippen LogP contribution < -0.4 is 33.3 Å². The average molecular weight is 554 g/mol. The van der Waals surface area contributed by atoms with Crippen LogP contribution in [-0.2, 0) is 19.8 Å². The summed E-state index contributed by atoms with van der Waals surface area (Å²) in [6, 6.07) is 21.8. The molecule has 5 rings (SSSR count). The van der Waals surface area contributed by atoms with E-state index >= 15 is 0 Å². The Morgan fingerprint density at radius 2 is 1.20 bits per heavy atom. The van der Waals surface area contributed by atoms with Crippen molar-refractivity contribution in [3.8, 4) is 45.6 Å². The van der Waals surface area contributed by atoms with Crippen LogP contribution in [-0.4, -0.2) is 35.5 Å². The zero-order chi connectivity index (χ0) is 28.9. The Morgan fingerprint density at radius 3 is 1.68 bits per heavy atom. The number of nitrogens with zero attached hydrogens (tertiary/aromatic N) is 1. The fraction of sp³-hybridized carbons (Fsp3) is 0.235. The zero-order valence-corrected chi connectivity index (χ0v) is 24.2. The van der Waals surface area contributed by atoms with E-state index < -0.39 is 0 Å². The summed E-state index contributed by atoms with van der Waals surface area (Å²) >= 11 is 0. The maximum atomic E-state index is 6.45. The van der Waals surface area contributed by atoms with Gasteiger partial charge in [-0.1, -0.05) is 30.9 Å². The van der Waals surface area contributed by atoms with Crippen molar-refractivity contribution in [2.45, 2.75) is 19.8 Å². The van der Waals surface area contributed by atoms with Gasteiger partial charge in [-0.2, -0.15) is 0 Å². The molecule has 0 radical (unpaired) electrons. The smallest absolute Gasteiger partial charge is 0.162 e. The molecule has 0 fully saturated rings. The van der Waals surface area contributed by atoms with E-state index in [1.807, 2.05) is 42.5 Å². The first kappa shape index (κ1) is 27.8. The third-order valence-corrected chi connectivity index (χ3v) is 7.15. The van der Waals surface area contributed by atoms with Gasteiger partial charge in [0.1, 0.15) is 36.2 Å². The van der Waals surface area contributed by atoms with E-state index in [1.165, 1.54) is 0 Å². The molecule has 4 aromatic rings. The molecule has 7 heteroatoms. The highest BCUT2D eigenvalue weighted by Crippen LogP contribution is 2.45. The second-order valence-electron chi connectivity index (χ2n) is 9.78. The summed E-state index contributed by atoms with van der Waals surface area (Å²) in [4.78, 5) is 2.24. The molecule has 0 saturated carbocycles. The van der Waals surface area contributed by atoms with Crippen LogP contribution in [0.2, 0.25) is 0 Å². The van der Waals surface area contributed by atoms with Crippen LogP contribution in [0.15, 0.2) is 73.3 Å². The maximum absolute atomic E-state index is 6.45. The molecule has 0 unspecified atom stereocenters. The van der Waals surface area contributed by atoms with Crippen LogP contribution in [0.5, 0.6) is 34.5 Å². The lowest BCUT2D eigenvalue weighted by Crippen LogP contribution is -2.22. The number of anilines is 1. The van der Waals surface area contributed by atoms with Crippen LogP contribution in [0.1, 0.15) is 22.3 Å². The van der Waals surface area contributed by atoms with Gasteiger partial charge in [-0.3, -0.25) is 0 Å². The van der Waals surface area contributed by atoms with E-state index in [9.17, 15) is 0 Å². The van der Waals surface area contributed by atoms with Crippen LogP contribution in [0.3, 0.4) is 0 Å². The van der Waals surface area contributed by atoms with Crippen molar-refractivity contribution in [2.75, 3.05) is 40.4 Å². The van der Waals surface area contributed by atoms with Gasteiger partial charge >= 0.3 is 0 Å². The van der Waals surface area contributed by atoms with E-state index in [-0.39, 0.29) is 0 Å². The van der Waals surface area contributed by atoms with Crippen LogP contribution >= 0.6 is 0 Å². The first-order chi connectivity index (χ1) is 20.0. The van der Waals surface area contributed by atoms with Gasteiger partial charge in [-0.25, -0.2) is 0 Å². The fourth-order valence-electron chi connectivity index (χ4n) is 5.13. The molecule has 0 aliphatic carbocycles. The lowest BCUT2D eigenvalue weighted by atomic mass is 9.91. The molecule has 1 aliphatic heterocycles. The molecule has 7 nitrogen and oxygen atoms in total. The molecular formula is C34H35NO6. The molecule has 0 N–H and O–H groups in total. The lowest BCUT2D eigenvalue weighted by molar-refractivity contribution is 0.254. The highest BCUT2D eigenvalue weighted by molar-refractivity contribution is 5.89. The normalized spacial score (nSPS) is 11.7. The van der Waals surface area contributed by atoms with Crippen molar-refractivity contribution in [1.29, 1.82) is 0 Å². The summed E-state index contributed by atoms with van der Waals surface area (Å²) in [6.07, 6.45) is 1.90. The molecule has 212 valence electrons. The molecule has 0 bridgehead atoms. The third kappa shape index (κ3) is 5.89. The van der Waals surface area contributed by atoms with Crippen molar-refractivity contribution in [1.82, 2.24) is 0 Å². The van der Waals surface area contributed by atoms with Crippen molar-refractivity contribution in [3.63, 3.8) is 0 Å². The molecule has 0 spiro atoms. The topological polar surface area (TPSA) is 58.6 Å². The second-order valence-corrected chi connectivity index (χ2v) is 9.78. The van der Waals surface area contributed by atoms with Gasteiger partial charge in [-0.05, 0) is 64.2 Å². The zero-order valence-electron chi connectivity index (χ0n) is 24.2. The van der Waals surface area contributed by atoms with Crippen LogP contribution in [0, 0.1) is 0 Å². The number of benzene rings is 4. The fourth-order valence-corrected chi connectivity index (χ4v) is 5.13. The van der Waals surface area contributed by atoms with Crippen molar-refractivity contribution >= 4 is 11.8 Å². The highest BCUT2D eigenvalue weighted by atomic mass is 16.5. The van der Waals surface area contributed by atoms with Crippen molar-refractivity contribution in [2.24, 2.45) is 0 Å². The van der Waals surface area contributed by atoms with Crippen molar-refractivity contribution < 1.29 is 28.4 Å². The summed E-state index contributed by atoms with van der Waals surface area (Å²) in [5.41, 5.74) is 7.45. The first-order valence-corrected chi connectivity index (χ1v) is 13.3. The molecule has 0 saturated heterocycles. The molecular weight excluding hydrogens is 518 g/mol. The highest BCUT2D eigenvalue weighted by Gasteiger charge is 2.24. The Balaban J connectivity index is 1.53. The van der Waals surface area contributed by atoms with Gasteiger partial charge in [0.15, 0.2) is 11.5 Å². The van der Waals surface area contributed by atoms with Crippen LogP contribution in [0.25, 0.3) is 17.2 Å². The Kier molecular flexibility index (Phi) is 8.24. The van der Waals surface area contributed by atoms with E-state index in [1.54, 1.807) is 28.4 Å². The standard InChI is InChI=1S/C34H35NO6/c1-7-24-9-8-10-30-31-18-33(41-21-23-13-28(38-5)17-29(14-23)39-6)32(15-25(31)19-35(2)34(24)30)40-20-22-11-26(36-3)16-27(12-22)37-4/h7-18H,1,19-21H2,2-6H3. The van der Waals surface area contributed by atoms with Crippen molar-refractivity contribution in [3.05, 3.63) is 95.6 Å². The van der Waals surface area contributed by atoms with Gasteiger partial charge < -0.3 is 33.3 Å². The number of fused-ring (bicyclic) bond motifs is 3. The quantitative estimate of drug-likeness (QED) is 0.196. The van der Waals surface area contributed by atoms with Gasteiger partial charge in [-0.15, -0.1) is 0 Å². The summed E-state index contributed by atoms with van der Waals surface area (Å²) in [6.45, 7) is 5.36. The number of ether oxygens (including phenoxy) is 6. The number of rotatable bonds is 11. The summed E-state index contributed by atoms with van der Waals surface area (Å²) in [7, 11) is 8.63. The number of methoxy groups -OCH3 is 4. The average Bonchev–Trinajstić information content (AvgIpc) is 3.01. The molecule has 1 heterocycles. The largest absolute Gasteiger partial charge is 0.497 e. The Bertz CT molecular complexity index is 1520. The maximum Gasteiger partial charge on any atom is 0.162 e. The molecule has 1 aliphatic rings. The predicted octanol–water partition coefficient (Wildman–Crippen LogP) is 7.14. The molecule has 0 aromatic heterocycles. The third-order valence-electron chi connectivity index (χ3n) is 7.15. The summed E-state index contributed by atoms with van der Waals surface area (Å²) < 4.78 is 34.6. The van der Waals surface area contributed by atoms with Crippen LogP contribution in [0.4, 0.5) is 5.69 Å². The predicted molar refractivity (Wildman–Crippen MR) is 162 cm³/mol. The molecule has 0 atom stereocenters. The SMILES string of the molecule is C=Cc1cccc2c1N(C)Cc1cc(OCc3cc(OC)cc(OC)c3)c(OCc3cc(OC)cc(OC)c3)cc1-2. The lowest BCUT2D eigenvalue weighted by Gasteiger charge is -2.32. The number of hydrogen-bond donors (Lipinski definition) is 0. The Morgan fingerprint density at radius 1 is 0.683 bits per heavy atom. The number of hydrogen-bond acceptors (Lipinski definition) is 7. The summed E-state index contributed by atoms with van der Waals surface area (Å²) in [5, 5.41) is 0. The number of para-hydroxylation sites is 1. The van der Waals surface area contributed by atoms with Gasteiger partial charge in [0.2, 0.25) is 0 Å². The Hall–Kier alpha value is -4.78. The minimum absolute atomic E-state index is 0.301.